The molecule has 3 aliphatic rings. The minimum Gasteiger partial charge on any atom is -0.380 e. The van der Waals surface area contributed by atoms with Crippen LogP contribution in [0.3, 0.4) is 0 Å². The highest BCUT2D eigenvalue weighted by Gasteiger charge is 2.34. The maximum atomic E-state index is 13.7. The predicted molar refractivity (Wildman–Crippen MR) is 115 cm³/mol. The van der Waals surface area contributed by atoms with E-state index in [0.29, 0.717) is 18.4 Å². The molecule has 0 aliphatic heterocycles. The number of nitrogens with zero attached hydrogens (tertiary/aromatic N) is 1. The zero-order valence-corrected chi connectivity index (χ0v) is 16.3. The van der Waals surface area contributed by atoms with Crippen LogP contribution in [0.25, 0.3) is 17.0 Å². The van der Waals surface area contributed by atoms with Crippen molar-refractivity contribution in [1.82, 2.24) is 4.98 Å². The summed E-state index contributed by atoms with van der Waals surface area (Å²) in [6.45, 7) is 0.647. The van der Waals surface area contributed by atoms with Gasteiger partial charge in [-0.2, -0.15) is 0 Å². The van der Waals surface area contributed by atoms with Gasteiger partial charge >= 0.3 is 0 Å². The van der Waals surface area contributed by atoms with Crippen molar-refractivity contribution in [2.45, 2.75) is 51.1 Å². The van der Waals surface area contributed by atoms with Crippen LogP contribution in [-0.4, -0.2) is 17.7 Å². The van der Waals surface area contributed by atoms with Crippen molar-refractivity contribution in [3.8, 4) is 0 Å². The first kappa shape index (κ1) is 17.7. The minimum atomic E-state index is -0.863. The molecule has 0 amide bonds. The summed E-state index contributed by atoms with van der Waals surface area (Å²) in [5.74, 6) is 0. The van der Waals surface area contributed by atoms with Gasteiger partial charge in [0.1, 0.15) is 6.17 Å². The summed E-state index contributed by atoms with van der Waals surface area (Å²) >= 11 is 0. The second-order valence-corrected chi connectivity index (χ2v) is 8.55. The molecule has 1 aromatic heterocycles. The number of aromatic nitrogens is 1. The van der Waals surface area contributed by atoms with Gasteiger partial charge in [-0.25, -0.2) is 9.37 Å². The van der Waals surface area contributed by atoms with E-state index in [2.05, 4.69) is 35.7 Å². The lowest BCUT2D eigenvalue weighted by Crippen LogP contribution is -2.28. The molecule has 2 nitrogen and oxygen atoms in total. The Morgan fingerprint density at radius 3 is 2.82 bits per heavy atom. The largest absolute Gasteiger partial charge is 0.380 e. The van der Waals surface area contributed by atoms with Gasteiger partial charge in [-0.1, -0.05) is 55.7 Å². The van der Waals surface area contributed by atoms with Crippen LogP contribution in [0, 0.1) is 5.41 Å². The zero-order chi connectivity index (χ0) is 19.0. The van der Waals surface area contributed by atoms with E-state index in [-0.39, 0.29) is 0 Å². The van der Waals surface area contributed by atoms with Crippen LogP contribution >= 0.6 is 0 Å². The maximum Gasteiger partial charge on any atom is 0.122 e. The first-order valence-electron chi connectivity index (χ1n) is 10.6. The number of rotatable bonds is 3. The average molecular weight is 375 g/mol. The molecular weight excluding hydrogens is 347 g/mol. The molecule has 0 saturated heterocycles. The first-order valence-corrected chi connectivity index (χ1v) is 10.6. The number of alkyl halides is 1. The smallest absolute Gasteiger partial charge is 0.122 e. The van der Waals surface area contributed by atoms with Gasteiger partial charge in [-0.15, -0.1) is 0 Å². The Bertz CT molecular complexity index is 979. The van der Waals surface area contributed by atoms with Gasteiger partial charge in [0.25, 0.3) is 0 Å². The molecule has 1 heterocycles. The Hall–Kier alpha value is -2.42. The second-order valence-electron chi connectivity index (χ2n) is 8.55. The maximum absolute atomic E-state index is 13.7. The van der Waals surface area contributed by atoms with Crippen LogP contribution in [0.2, 0.25) is 0 Å². The van der Waals surface area contributed by atoms with E-state index in [1.54, 1.807) is 6.08 Å². The Balaban J connectivity index is 1.54. The lowest BCUT2D eigenvalue weighted by molar-refractivity contribution is 0.255. The molecule has 3 heteroatoms. The molecule has 28 heavy (non-hydrogen) atoms. The van der Waals surface area contributed by atoms with Crippen molar-refractivity contribution in [1.29, 1.82) is 0 Å². The van der Waals surface area contributed by atoms with Crippen molar-refractivity contribution >= 4 is 22.7 Å². The number of halogens is 1. The van der Waals surface area contributed by atoms with Crippen molar-refractivity contribution in [2.24, 2.45) is 5.41 Å². The molecule has 1 saturated carbocycles. The van der Waals surface area contributed by atoms with Gasteiger partial charge in [0.05, 0.1) is 11.2 Å². The summed E-state index contributed by atoms with van der Waals surface area (Å²) in [6.07, 6.45) is 17.6. The monoisotopic (exact) mass is 374 g/mol. The van der Waals surface area contributed by atoms with Crippen LogP contribution in [0.4, 0.5) is 10.1 Å². The molecule has 1 N–H and O–H groups in total. The van der Waals surface area contributed by atoms with Gasteiger partial charge in [0.15, 0.2) is 0 Å². The standard InChI is InChI=1S/C25H27FN2/c26-19-8-6-7-18(15-19)17-27-24-20-9-2-3-10-22(20)28-23-11-14-25(16-21(23)24)12-4-1-5-13-25/h2-3,6-7,9-11,14-15,19H,1,4-5,8,12-13,16-17H2,(H,27,28). The topological polar surface area (TPSA) is 24.9 Å². The third-order valence-corrected chi connectivity index (χ3v) is 6.56. The van der Waals surface area contributed by atoms with Crippen LogP contribution in [0.15, 0.2) is 54.1 Å². The third kappa shape index (κ3) is 3.28. The lowest BCUT2D eigenvalue weighted by Gasteiger charge is -2.38. The SMILES string of the molecule is FC1C=C(CNc2c3c(nc4ccccc24)C=CC2(CCCCC2)C3)C=CC1. The summed E-state index contributed by atoms with van der Waals surface area (Å²) < 4.78 is 13.7. The highest BCUT2D eigenvalue weighted by Crippen LogP contribution is 2.46. The number of hydrogen-bond acceptors (Lipinski definition) is 2. The van der Waals surface area contributed by atoms with Crippen LogP contribution in [0.5, 0.6) is 0 Å². The number of anilines is 1. The summed E-state index contributed by atoms with van der Waals surface area (Å²) in [5.41, 5.74) is 5.94. The number of fused-ring (bicyclic) bond motifs is 2. The number of allylic oxidation sites excluding steroid dienone is 3. The predicted octanol–water partition coefficient (Wildman–Crippen LogP) is 6.39. The molecule has 1 spiro atoms. The van der Waals surface area contributed by atoms with Crippen molar-refractivity contribution in [3.63, 3.8) is 0 Å². The van der Waals surface area contributed by atoms with E-state index < -0.39 is 6.17 Å². The highest BCUT2D eigenvalue weighted by molar-refractivity contribution is 5.95. The molecule has 3 aliphatic carbocycles. The number of hydrogen-bond donors (Lipinski definition) is 1. The van der Waals surface area contributed by atoms with Gasteiger partial charge in [0.2, 0.25) is 0 Å². The molecule has 1 aromatic carbocycles. The fraction of sp³-hybridized carbons (Fsp3) is 0.400. The molecule has 2 aromatic rings. The number of pyridine rings is 1. The number of nitrogens with one attached hydrogen (secondary N) is 1. The van der Waals surface area contributed by atoms with E-state index >= 15 is 0 Å². The van der Waals surface area contributed by atoms with Crippen LogP contribution in [-0.2, 0) is 6.42 Å². The van der Waals surface area contributed by atoms with E-state index in [0.717, 1.165) is 23.2 Å². The minimum absolute atomic E-state index is 0.292. The summed E-state index contributed by atoms with van der Waals surface area (Å²) in [4.78, 5) is 4.95. The zero-order valence-electron chi connectivity index (χ0n) is 16.3. The van der Waals surface area contributed by atoms with Crippen LogP contribution < -0.4 is 5.32 Å². The quantitative estimate of drug-likeness (QED) is 0.673. The number of para-hydroxylation sites is 1. The Kier molecular flexibility index (Phi) is 4.54. The fourth-order valence-electron chi connectivity index (χ4n) is 5.07. The van der Waals surface area contributed by atoms with E-state index in [9.17, 15) is 4.39 Å². The lowest BCUT2D eigenvalue weighted by atomic mass is 9.67. The molecule has 0 radical (unpaired) electrons. The molecule has 1 atom stereocenters. The molecule has 5 rings (SSSR count). The van der Waals surface area contributed by atoms with Crippen molar-refractivity contribution in [3.05, 3.63) is 65.4 Å². The average Bonchev–Trinajstić information content (AvgIpc) is 2.72. The molecule has 144 valence electrons. The van der Waals surface area contributed by atoms with Gasteiger partial charge in [0, 0.05) is 29.6 Å². The van der Waals surface area contributed by atoms with Crippen molar-refractivity contribution < 1.29 is 4.39 Å². The Morgan fingerprint density at radius 2 is 1.96 bits per heavy atom. The molecular formula is C25H27FN2. The van der Waals surface area contributed by atoms with Crippen LogP contribution in [0.1, 0.15) is 49.8 Å². The first-order chi connectivity index (χ1) is 13.7. The normalized spacial score (nSPS) is 22.9. The van der Waals surface area contributed by atoms with E-state index in [4.69, 9.17) is 4.98 Å². The fourth-order valence-corrected chi connectivity index (χ4v) is 5.07. The highest BCUT2D eigenvalue weighted by atomic mass is 19.1. The Morgan fingerprint density at radius 1 is 1.11 bits per heavy atom. The van der Waals surface area contributed by atoms with Gasteiger partial charge in [-0.05, 0) is 48.5 Å². The van der Waals surface area contributed by atoms with E-state index in [1.165, 1.54) is 48.7 Å². The molecule has 1 fully saturated rings. The summed E-state index contributed by atoms with van der Waals surface area (Å²) in [5, 5.41) is 4.83. The third-order valence-electron chi connectivity index (χ3n) is 6.56. The van der Waals surface area contributed by atoms with Gasteiger partial charge < -0.3 is 5.32 Å². The molecule has 0 bridgehead atoms. The summed E-state index contributed by atoms with van der Waals surface area (Å²) in [7, 11) is 0. The molecule has 1 unspecified atom stereocenters. The van der Waals surface area contributed by atoms with E-state index in [1.807, 2.05) is 18.2 Å². The Labute approximate surface area is 166 Å². The summed E-state index contributed by atoms with van der Waals surface area (Å²) in [6, 6.07) is 8.35. The van der Waals surface area contributed by atoms with Gasteiger partial charge in [-0.3, -0.25) is 0 Å². The number of benzene rings is 1. The second kappa shape index (κ2) is 7.20. The van der Waals surface area contributed by atoms with Crippen molar-refractivity contribution in [2.75, 3.05) is 11.9 Å².